The molecule has 0 aliphatic carbocycles. The summed E-state index contributed by atoms with van der Waals surface area (Å²) in [5.41, 5.74) is 1.33. The van der Waals surface area contributed by atoms with Gasteiger partial charge in [-0.1, -0.05) is 0 Å². The highest BCUT2D eigenvalue weighted by atomic mass is 32.1. The fourth-order valence-corrected chi connectivity index (χ4v) is 2.72. The molecule has 1 aliphatic heterocycles. The SMILES string of the molecule is O=C(Nc1nc2cc3c(cc2[nH]1)OC(F)(F)O3)c1ccsc1. The molecule has 0 atom stereocenters. The molecule has 112 valence electrons. The molecule has 0 saturated carbocycles. The first-order valence-corrected chi connectivity index (χ1v) is 7.08. The Morgan fingerprint density at radius 1 is 1.32 bits per heavy atom. The molecule has 2 aromatic heterocycles. The van der Waals surface area contributed by atoms with Crippen molar-refractivity contribution in [2.45, 2.75) is 6.29 Å². The molecular formula is C13H7F2N3O3S. The molecule has 0 unspecified atom stereocenters. The molecule has 3 aromatic rings. The van der Waals surface area contributed by atoms with Crippen molar-refractivity contribution in [1.29, 1.82) is 0 Å². The molecule has 4 rings (SSSR count). The third kappa shape index (κ3) is 2.15. The molecule has 22 heavy (non-hydrogen) atoms. The van der Waals surface area contributed by atoms with Crippen LogP contribution in [0.2, 0.25) is 0 Å². The number of nitrogens with one attached hydrogen (secondary N) is 2. The van der Waals surface area contributed by atoms with Gasteiger partial charge in [0.05, 0.1) is 16.6 Å². The number of benzene rings is 1. The van der Waals surface area contributed by atoms with Crippen LogP contribution in [0.25, 0.3) is 11.0 Å². The van der Waals surface area contributed by atoms with Gasteiger partial charge in [-0.3, -0.25) is 10.1 Å². The molecule has 0 fully saturated rings. The van der Waals surface area contributed by atoms with E-state index in [9.17, 15) is 13.6 Å². The zero-order valence-electron chi connectivity index (χ0n) is 10.7. The average molecular weight is 323 g/mol. The Hall–Kier alpha value is -2.68. The van der Waals surface area contributed by atoms with Crippen LogP contribution in [-0.4, -0.2) is 22.2 Å². The number of nitrogens with zero attached hydrogens (tertiary/aromatic N) is 1. The van der Waals surface area contributed by atoms with Gasteiger partial charge < -0.3 is 14.5 Å². The van der Waals surface area contributed by atoms with E-state index in [0.29, 0.717) is 16.6 Å². The fourth-order valence-electron chi connectivity index (χ4n) is 2.09. The number of H-pyrrole nitrogens is 1. The van der Waals surface area contributed by atoms with Crippen molar-refractivity contribution in [3.8, 4) is 11.5 Å². The van der Waals surface area contributed by atoms with Crippen LogP contribution in [0, 0.1) is 0 Å². The number of anilines is 1. The average Bonchev–Trinajstić information content (AvgIpc) is 3.11. The van der Waals surface area contributed by atoms with Crippen LogP contribution in [0.1, 0.15) is 10.4 Å². The molecule has 1 aromatic carbocycles. The lowest BCUT2D eigenvalue weighted by Gasteiger charge is -2.04. The summed E-state index contributed by atoms with van der Waals surface area (Å²) in [6.07, 6.45) is -3.67. The number of fused-ring (bicyclic) bond motifs is 2. The summed E-state index contributed by atoms with van der Waals surface area (Å²) in [5, 5.41) is 6.09. The number of aromatic amines is 1. The predicted molar refractivity (Wildman–Crippen MR) is 74.6 cm³/mol. The number of rotatable bonds is 2. The first kappa shape index (κ1) is 13.0. The second-order valence-corrected chi connectivity index (χ2v) is 5.32. The Balaban J connectivity index is 1.64. The Bertz CT molecular complexity index is 831. The van der Waals surface area contributed by atoms with Crippen LogP contribution in [0.15, 0.2) is 29.0 Å². The minimum atomic E-state index is -3.67. The molecule has 1 amide bonds. The van der Waals surface area contributed by atoms with Crippen LogP contribution in [0.4, 0.5) is 14.7 Å². The fraction of sp³-hybridized carbons (Fsp3) is 0.0769. The molecule has 6 nitrogen and oxygen atoms in total. The van der Waals surface area contributed by atoms with Gasteiger partial charge in [0, 0.05) is 17.5 Å². The van der Waals surface area contributed by atoms with Crippen LogP contribution >= 0.6 is 11.3 Å². The summed E-state index contributed by atoms with van der Waals surface area (Å²) in [7, 11) is 0. The van der Waals surface area contributed by atoms with Crippen molar-refractivity contribution in [3.05, 3.63) is 34.5 Å². The first-order chi connectivity index (χ1) is 10.5. The van der Waals surface area contributed by atoms with Crippen LogP contribution in [-0.2, 0) is 0 Å². The van der Waals surface area contributed by atoms with E-state index in [0.717, 1.165) is 0 Å². The van der Waals surface area contributed by atoms with E-state index in [-0.39, 0.29) is 23.4 Å². The number of aromatic nitrogens is 2. The smallest absolute Gasteiger partial charge is 0.395 e. The van der Waals surface area contributed by atoms with Crippen LogP contribution in [0.5, 0.6) is 11.5 Å². The summed E-state index contributed by atoms with van der Waals surface area (Å²) >= 11 is 1.40. The maximum Gasteiger partial charge on any atom is 0.586 e. The number of carbonyl (C=O) groups excluding carboxylic acids is 1. The minimum Gasteiger partial charge on any atom is -0.395 e. The van der Waals surface area contributed by atoms with Gasteiger partial charge in [-0.05, 0) is 11.4 Å². The quantitative estimate of drug-likeness (QED) is 0.759. The lowest BCUT2D eigenvalue weighted by atomic mass is 10.3. The van der Waals surface area contributed by atoms with Gasteiger partial charge in [0.1, 0.15) is 0 Å². The van der Waals surface area contributed by atoms with E-state index in [2.05, 4.69) is 24.8 Å². The van der Waals surface area contributed by atoms with E-state index in [1.807, 2.05) is 0 Å². The highest BCUT2D eigenvalue weighted by molar-refractivity contribution is 7.08. The van der Waals surface area contributed by atoms with Gasteiger partial charge >= 0.3 is 6.29 Å². The Morgan fingerprint density at radius 3 is 2.82 bits per heavy atom. The second-order valence-electron chi connectivity index (χ2n) is 4.54. The first-order valence-electron chi connectivity index (χ1n) is 6.13. The standard InChI is InChI=1S/C13H7F2N3O3S/c14-13(15)20-9-3-7-8(4-10(9)21-13)17-12(16-7)18-11(19)6-1-2-22-5-6/h1-5H,(H2,16,17,18,19). The van der Waals surface area contributed by atoms with Crippen molar-refractivity contribution < 1.29 is 23.0 Å². The maximum absolute atomic E-state index is 13.0. The van der Waals surface area contributed by atoms with Gasteiger partial charge in [-0.15, -0.1) is 8.78 Å². The van der Waals surface area contributed by atoms with E-state index >= 15 is 0 Å². The summed E-state index contributed by atoms with van der Waals surface area (Å²) in [5.74, 6) is -0.287. The number of ether oxygens (including phenoxy) is 2. The number of alkyl halides is 2. The van der Waals surface area contributed by atoms with Gasteiger partial charge in [0.2, 0.25) is 5.95 Å². The molecule has 2 N–H and O–H groups in total. The molecule has 0 radical (unpaired) electrons. The maximum atomic E-state index is 13.0. The lowest BCUT2D eigenvalue weighted by molar-refractivity contribution is -0.286. The van der Waals surface area contributed by atoms with Crippen molar-refractivity contribution in [3.63, 3.8) is 0 Å². The van der Waals surface area contributed by atoms with E-state index < -0.39 is 6.29 Å². The van der Waals surface area contributed by atoms with E-state index in [4.69, 9.17) is 0 Å². The van der Waals surface area contributed by atoms with Crippen molar-refractivity contribution in [2.75, 3.05) is 5.32 Å². The van der Waals surface area contributed by atoms with Crippen molar-refractivity contribution in [1.82, 2.24) is 9.97 Å². The Labute approximate surface area is 125 Å². The van der Waals surface area contributed by atoms with Crippen LogP contribution in [0.3, 0.4) is 0 Å². The van der Waals surface area contributed by atoms with Gasteiger partial charge in [-0.2, -0.15) is 11.3 Å². The number of carbonyl (C=O) groups is 1. The minimum absolute atomic E-state index is 0.0862. The number of hydrogen-bond acceptors (Lipinski definition) is 5. The summed E-state index contributed by atoms with van der Waals surface area (Å²) in [4.78, 5) is 18.9. The largest absolute Gasteiger partial charge is 0.586 e. The second kappa shape index (κ2) is 4.41. The summed E-state index contributed by atoms with van der Waals surface area (Å²) in [6.45, 7) is 0. The van der Waals surface area contributed by atoms with Crippen LogP contribution < -0.4 is 14.8 Å². The molecule has 9 heteroatoms. The molecule has 0 bridgehead atoms. The zero-order chi connectivity index (χ0) is 15.3. The van der Waals surface area contributed by atoms with Gasteiger partial charge in [0.15, 0.2) is 11.5 Å². The summed E-state index contributed by atoms with van der Waals surface area (Å²) in [6, 6.07) is 4.35. The Morgan fingerprint density at radius 2 is 2.09 bits per heavy atom. The molecule has 0 saturated heterocycles. The number of halogens is 2. The van der Waals surface area contributed by atoms with E-state index in [1.54, 1.807) is 16.8 Å². The highest BCUT2D eigenvalue weighted by Gasteiger charge is 2.43. The zero-order valence-corrected chi connectivity index (χ0v) is 11.5. The predicted octanol–water partition coefficient (Wildman–Crippen LogP) is 3.20. The number of hydrogen-bond donors (Lipinski definition) is 2. The van der Waals surface area contributed by atoms with Gasteiger partial charge in [0.25, 0.3) is 5.91 Å². The van der Waals surface area contributed by atoms with Crippen molar-refractivity contribution >= 4 is 34.2 Å². The Kier molecular flexibility index (Phi) is 2.61. The summed E-state index contributed by atoms with van der Waals surface area (Å²) < 4.78 is 34.7. The third-order valence-corrected chi connectivity index (χ3v) is 3.70. The molecule has 0 spiro atoms. The number of thiophene rings is 1. The van der Waals surface area contributed by atoms with E-state index in [1.165, 1.54) is 23.5 Å². The highest BCUT2D eigenvalue weighted by Crippen LogP contribution is 2.42. The molecule has 1 aliphatic rings. The topological polar surface area (TPSA) is 76.2 Å². The monoisotopic (exact) mass is 323 g/mol. The van der Waals surface area contributed by atoms with Crippen molar-refractivity contribution in [2.24, 2.45) is 0 Å². The number of amides is 1. The lowest BCUT2D eigenvalue weighted by Crippen LogP contribution is -2.25. The molecular weight excluding hydrogens is 316 g/mol. The normalized spacial score (nSPS) is 15.2. The van der Waals surface area contributed by atoms with Gasteiger partial charge in [-0.25, -0.2) is 4.98 Å². The third-order valence-electron chi connectivity index (χ3n) is 3.02. The number of imidazole rings is 1. The molecule has 3 heterocycles.